The molecule has 0 aromatic carbocycles. The molecule has 1 N–H and O–H groups in total. The Morgan fingerprint density at radius 2 is 1.71 bits per heavy atom. The van der Waals surface area contributed by atoms with Gasteiger partial charge in [0, 0.05) is 13.1 Å². The molecule has 3 nitrogen and oxygen atoms in total. The lowest BCUT2D eigenvalue weighted by molar-refractivity contribution is -0.0681. The molecule has 2 unspecified atom stereocenters. The van der Waals surface area contributed by atoms with Crippen LogP contribution < -0.4 is 5.32 Å². The van der Waals surface area contributed by atoms with Crippen LogP contribution in [0, 0.1) is 0 Å². The molecule has 17 heavy (non-hydrogen) atoms. The number of unbranched alkanes of at least 4 members (excludes halogenated alkanes) is 3. The molecule has 0 saturated carbocycles. The first-order chi connectivity index (χ1) is 8.22. The smallest absolute Gasteiger partial charge is 0.0678 e. The molecule has 1 fully saturated rings. The van der Waals surface area contributed by atoms with E-state index in [0.29, 0.717) is 12.2 Å². The fourth-order valence-electron chi connectivity index (χ4n) is 2.58. The second-order valence-electron chi connectivity index (χ2n) is 5.28. The number of nitrogens with zero attached hydrogens (tertiary/aromatic N) is 1. The van der Waals surface area contributed by atoms with Crippen molar-refractivity contribution in [3.63, 3.8) is 0 Å². The highest BCUT2D eigenvalue weighted by Gasteiger charge is 2.21. The number of ether oxygens (including phenoxy) is 1. The zero-order chi connectivity index (χ0) is 12.5. The Labute approximate surface area is 107 Å². The third-order valence-electron chi connectivity index (χ3n) is 3.32. The van der Waals surface area contributed by atoms with Gasteiger partial charge in [-0.05, 0) is 46.3 Å². The Balaban J connectivity index is 1.95. The van der Waals surface area contributed by atoms with E-state index in [1.54, 1.807) is 0 Å². The number of hydrogen-bond acceptors (Lipinski definition) is 3. The van der Waals surface area contributed by atoms with E-state index in [2.05, 4.69) is 31.0 Å². The van der Waals surface area contributed by atoms with Crippen LogP contribution in [-0.2, 0) is 4.74 Å². The van der Waals surface area contributed by atoms with Crippen LogP contribution in [0.3, 0.4) is 0 Å². The number of rotatable bonds is 8. The van der Waals surface area contributed by atoms with Crippen molar-refractivity contribution in [1.82, 2.24) is 10.2 Å². The minimum atomic E-state index is 0.410. The SMILES string of the molecule is CCNCCCCCCN1CC(C)OC(C)C1. The average molecular weight is 242 g/mol. The molecule has 1 aliphatic heterocycles. The summed E-state index contributed by atoms with van der Waals surface area (Å²) in [5.74, 6) is 0. The monoisotopic (exact) mass is 242 g/mol. The van der Waals surface area contributed by atoms with Crippen LogP contribution in [0.1, 0.15) is 46.5 Å². The van der Waals surface area contributed by atoms with E-state index < -0.39 is 0 Å². The third-order valence-corrected chi connectivity index (χ3v) is 3.32. The van der Waals surface area contributed by atoms with E-state index in [1.165, 1.54) is 38.8 Å². The van der Waals surface area contributed by atoms with Gasteiger partial charge < -0.3 is 10.1 Å². The molecule has 0 spiro atoms. The first-order valence-corrected chi connectivity index (χ1v) is 7.31. The number of morpholine rings is 1. The predicted molar refractivity (Wildman–Crippen MR) is 73.5 cm³/mol. The first kappa shape index (κ1) is 14.9. The molecule has 0 aromatic heterocycles. The molecule has 0 bridgehead atoms. The quantitative estimate of drug-likeness (QED) is 0.661. The van der Waals surface area contributed by atoms with Crippen LogP contribution in [0.2, 0.25) is 0 Å². The lowest BCUT2D eigenvalue weighted by Gasteiger charge is -2.35. The molecular formula is C14H30N2O. The molecule has 3 heteroatoms. The van der Waals surface area contributed by atoms with E-state index in [4.69, 9.17) is 4.74 Å². The first-order valence-electron chi connectivity index (χ1n) is 7.31. The highest BCUT2D eigenvalue weighted by atomic mass is 16.5. The third kappa shape index (κ3) is 7.02. The molecule has 1 saturated heterocycles. The Kier molecular flexibility index (Phi) is 7.82. The van der Waals surface area contributed by atoms with Gasteiger partial charge in [-0.3, -0.25) is 4.90 Å². The maximum absolute atomic E-state index is 5.74. The van der Waals surface area contributed by atoms with Gasteiger partial charge in [-0.25, -0.2) is 0 Å². The van der Waals surface area contributed by atoms with Crippen molar-refractivity contribution >= 4 is 0 Å². The van der Waals surface area contributed by atoms with Crippen molar-refractivity contribution < 1.29 is 4.74 Å². The summed E-state index contributed by atoms with van der Waals surface area (Å²) < 4.78 is 5.74. The summed E-state index contributed by atoms with van der Waals surface area (Å²) in [7, 11) is 0. The van der Waals surface area contributed by atoms with Crippen LogP contribution in [0.25, 0.3) is 0 Å². The summed E-state index contributed by atoms with van der Waals surface area (Å²) in [5, 5.41) is 3.37. The summed E-state index contributed by atoms with van der Waals surface area (Å²) in [6.45, 7) is 12.3. The van der Waals surface area contributed by atoms with Crippen molar-refractivity contribution in [2.75, 3.05) is 32.7 Å². The summed E-state index contributed by atoms with van der Waals surface area (Å²) in [6, 6.07) is 0. The van der Waals surface area contributed by atoms with Crippen molar-refractivity contribution in [2.24, 2.45) is 0 Å². The van der Waals surface area contributed by atoms with Gasteiger partial charge >= 0.3 is 0 Å². The van der Waals surface area contributed by atoms with E-state index in [0.717, 1.165) is 19.6 Å². The fourth-order valence-corrected chi connectivity index (χ4v) is 2.58. The standard InChI is InChI=1S/C14H30N2O/c1-4-15-9-7-5-6-8-10-16-11-13(2)17-14(3)12-16/h13-15H,4-12H2,1-3H3. The molecule has 2 atom stereocenters. The Morgan fingerprint density at radius 3 is 2.35 bits per heavy atom. The predicted octanol–water partition coefficient (Wildman–Crippen LogP) is 2.27. The zero-order valence-corrected chi connectivity index (χ0v) is 11.9. The van der Waals surface area contributed by atoms with Gasteiger partial charge in [0.05, 0.1) is 12.2 Å². The maximum atomic E-state index is 5.74. The van der Waals surface area contributed by atoms with Gasteiger partial charge in [0.15, 0.2) is 0 Å². The highest BCUT2D eigenvalue weighted by molar-refractivity contribution is 4.72. The molecule has 102 valence electrons. The van der Waals surface area contributed by atoms with E-state index in [9.17, 15) is 0 Å². The van der Waals surface area contributed by atoms with Gasteiger partial charge in [0.25, 0.3) is 0 Å². The average Bonchev–Trinajstić information content (AvgIpc) is 2.26. The van der Waals surface area contributed by atoms with Gasteiger partial charge in [0.2, 0.25) is 0 Å². The lowest BCUT2D eigenvalue weighted by Crippen LogP contribution is -2.45. The van der Waals surface area contributed by atoms with Gasteiger partial charge in [0.1, 0.15) is 0 Å². The van der Waals surface area contributed by atoms with E-state index in [1.807, 2.05) is 0 Å². The Hall–Kier alpha value is -0.120. The second-order valence-corrected chi connectivity index (χ2v) is 5.28. The summed E-state index contributed by atoms with van der Waals surface area (Å²) in [6.07, 6.45) is 6.21. The second kappa shape index (κ2) is 8.90. The van der Waals surface area contributed by atoms with Crippen LogP contribution in [-0.4, -0.2) is 49.8 Å². The fraction of sp³-hybridized carbons (Fsp3) is 1.00. The minimum absolute atomic E-state index is 0.410. The Bertz CT molecular complexity index is 177. The summed E-state index contributed by atoms with van der Waals surface area (Å²) in [4.78, 5) is 2.56. The summed E-state index contributed by atoms with van der Waals surface area (Å²) >= 11 is 0. The highest BCUT2D eigenvalue weighted by Crippen LogP contribution is 2.11. The summed E-state index contributed by atoms with van der Waals surface area (Å²) in [5.41, 5.74) is 0. The normalized spacial score (nSPS) is 26.3. The molecule has 1 aliphatic rings. The molecule has 0 radical (unpaired) electrons. The maximum Gasteiger partial charge on any atom is 0.0678 e. The molecule has 0 aromatic rings. The van der Waals surface area contributed by atoms with Crippen LogP contribution >= 0.6 is 0 Å². The largest absolute Gasteiger partial charge is 0.373 e. The van der Waals surface area contributed by atoms with Crippen LogP contribution in [0.4, 0.5) is 0 Å². The van der Waals surface area contributed by atoms with Gasteiger partial charge in [-0.1, -0.05) is 19.8 Å². The molecule has 0 aliphatic carbocycles. The molecule has 0 amide bonds. The van der Waals surface area contributed by atoms with Crippen molar-refractivity contribution in [2.45, 2.75) is 58.7 Å². The minimum Gasteiger partial charge on any atom is -0.373 e. The molecule has 1 rings (SSSR count). The van der Waals surface area contributed by atoms with Gasteiger partial charge in [-0.2, -0.15) is 0 Å². The van der Waals surface area contributed by atoms with E-state index >= 15 is 0 Å². The number of nitrogens with one attached hydrogen (secondary N) is 1. The van der Waals surface area contributed by atoms with E-state index in [-0.39, 0.29) is 0 Å². The topological polar surface area (TPSA) is 24.5 Å². The van der Waals surface area contributed by atoms with Gasteiger partial charge in [-0.15, -0.1) is 0 Å². The van der Waals surface area contributed by atoms with Crippen molar-refractivity contribution in [3.8, 4) is 0 Å². The Morgan fingerprint density at radius 1 is 1.06 bits per heavy atom. The zero-order valence-electron chi connectivity index (χ0n) is 11.9. The lowest BCUT2D eigenvalue weighted by atomic mass is 10.1. The van der Waals surface area contributed by atoms with Crippen LogP contribution in [0.5, 0.6) is 0 Å². The molecule has 1 heterocycles. The molecular weight excluding hydrogens is 212 g/mol. The van der Waals surface area contributed by atoms with Crippen LogP contribution in [0.15, 0.2) is 0 Å². The number of hydrogen-bond donors (Lipinski definition) is 1. The van der Waals surface area contributed by atoms with Crippen molar-refractivity contribution in [3.05, 3.63) is 0 Å². The van der Waals surface area contributed by atoms with Crippen molar-refractivity contribution in [1.29, 1.82) is 0 Å².